The second-order valence-electron chi connectivity index (χ2n) is 4.78. The minimum absolute atomic E-state index is 0.413. The zero-order chi connectivity index (χ0) is 13.5. The van der Waals surface area contributed by atoms with Gasteiger partial charge in [-0.1, -0.05) is 48.5 Å². The van der Waals surface area contributed by atoms with Gasteiger partial charge in [-0.25, -0.2) is 0 Å². The molecule has 1 unspecified atom stereocenters. The predicted octanol–water partition coefficient (Wildman–Crippen LogP) is 3.42. The fourth-order valence-electron chi connectivity index (χ4n) is 2.16. The van der Waals surface area contributed by atoms with Crippen LogP contribution >= 0.6 is 0 Å². The molecule has 0 radical (unpaired) electrons. The summed E-state index contributed by atoms with van der Waals surface area (Å²) in [6.07, 6.45) is 0.969. The first-order chi connectivity index (χ1) is 9.29. The lowest BCUT2D eigenvalue weighted by atomic mass is 10.1. The number of methoxy groups -OCH3 is 1. The second-order valence-corrected chi connectivity index (χ2v) is 4.78. The van der Waals surface area contributed by atoms with Crippen molar-refractivity contribution in [3.05, 3.63) is 65.7 Å². The maximum atomic E-state index is 5.38. The van der Waals surface area contributed by atoms with E-state index in [-0.39, 0.29) is 0 Å². The highest BCUT2D eigenvalue weighted by atomic mass is 16.5. The van der Waals surface area contributed by atoms with Gasteiger partial charge in [-0.15, -0.1) is 0 Å². The van der Waals surface area contributed by atoms with Crippen LogP contribution in [0.4, 0.5) is 0 Å². The second kappa shape index (κ2) is 6.95. The molecule has 0 spiro atoms. The highest BCUT2D eigenvalue weighted by molar-refractivity contribution is 5.33. The van der Waals surface area contributed by atoms with Crippen LogP contribution in [0.5, 0.6) is 5.75 Å². The van der Waals surface area contributed by atoms with Crippen LogP contribution in [-0.2, 0) is 13.0 Å². The molecule has 0 aliphatic heterocycles. The van der Waals surface area contributed by atoms with Gasteiger partial charge >= 0.3 is 0 Å². The molecule has 0 amide bonds. The number of hydrogen-bond acceptors (Lipinski definition) is 2. The van der Waals surface area contributed by atoms with Gasteiger partial charge in [0.05, 0.1) is 7.11 Å². The number of hydrogen-bond donors (Lipinski definition) is 1. The highest BCUT2D eigenvalue weighted by Gasteiger charge is 2.07. The first-order valence-corrected chi connectivity index (χ1v) is 6.69. The fourth-order valence-corrected chi connectivity index (χ4v) is 2.16. The van der Waals surface area contributed by atoms with Crippen molar-refractivity contribution in [3.8, 4) is 5.75 Å². The van der Waals surface area contributed by atoms with Gasteiger partial charge in [0.25, 0.3) is 0 Å². The largest absolute Gasteiger partial charge is 0.496 e. The molecule has 100 valence electrons. The normalized spacial score (nSPS) is 12.1. The molecular weight excluding hydrogens is 234 g/mol. The molecule has 1 N–H and O–H groups in total. The van der Waals surface area contributed by atoms with Gasteiger partial charge in [0.2, 0.25) is 0 Å². The summed E-state index contributed by atoms with van der Waals surface area (Å²) in [5, 5.41) is 3.54. The van der Waals surface area contributed by atoms with Crippen LogP contribution in [0, 0.1) is 0 Å². The van der Waals surface area contributed by atoms with Crippen molar-refractivity contribution in [2.45, 2.75) is 25.9 Å². The zero-order valence-corrected chi connectivity index (χ0v) is 11.6. The summed E-state index contributed by atoms with van der Waals surface area (Å²) in [5.74, 6) is 0.968. The van der Waals surface area contributed by atoms with E-state index in [1.54, 1.807) is 7.11 Å². The maximum Gasteiger partial charge on any atom is 0.122 e. The van der Waals surface area contributed by atoms with Crippen LogP contribution in [0.15, 0.2) is 54.6 Å². The Morgan fingerprint density at radius 3 is 2.42 bits per heavy atom. The average Bonchev–Trinajstić information content (AvgIpc) is 2.47. The smallest absolute Gasteiger partial charge is 0.122 e. The van der Waals surface area contributed by atoms with Gasteiger partial charge in [0.1, 0.15) is 5.75 Å². The van der Waals surface area contributed by atoms with Crippen LogP contribution in [0.1, 0.15) is 18.1 Å². The van der Waals surface area contributed by atoms with E-state index in [9.17, 15) is 0 Å². The highest BCUT2D eigenvalue weighted by Crippen LogP contribution is 2.18. The quantitative estimate of drug-likeness (QED) is 0.854. The summed E-state index contributed by atoms with van der Waals surface area (Å²) in [5.41, 5.74) is 2.56. The minimum Gasteiger partial charge on any atom is -0.496 e. The van der Waals surface area contributed by atoms with Crippen molar-refractivity contribution in [1.29, 1.82) is 0 Å². The Hall–Kier alpha value is -1.80. The number of benzene rings is 2. The third-order valence-electron chi connectivity index (χ3n) is 3.22. The van der Waals surface area contributed by atoms with Gasteiger partial charge in [-0.3, -0.25) is 0 Å². The van der Waals surface area contributed by atoms with E-state index in [2.05, 4.69) is 48.6 Å². The van der Waals surface area contributed by atoms with E-state index in [1.807, 2.05) is 18.2 Å². The topological polar surface area (TPSA) is 21.3 Å². The van der Waals surface area contributed by atoms with Crippen molar-refractivity contribution in [2.75, 3.05) is 7.11 Å². The Labute approximate surface area is 115 Å². The lowest BCUT2D eigenvalue weighted by molar-refractivity contribution is 0.406. The number of ether oxygens (including phenoxy) is 1. The van der Waals surface area contributed by atoms with Crippen molar-refractivity contribution in [1.82, 2.24) is 5.32 Å². The molecule has 1 atom stereocenters. The van der Waals surface area contributed by atoms with Crippen molar-refractivity contribution in [3.63, 3.8) is 0 Å². The molecular formula is C17H21NO. The molecule has 0 aliphatic rings. The molecule has 2 heteroatoms. The molecule has 2 nitrogen and oxygen atoms in total. The Bertz CT molecular complexity index is 496. The van der Waals surface area contributed by atoms with Crippen LogP contribution < -0.4 is 10.1 Å². The van der Waals surface area contributed by atoms with Crippen molar-refractivity contribution >= 4 is 0 Å². The molecule has 19 heavy (non-hydrogen) atoms. The first kappa shape index (κ1) is 13.6. The lowest BCUT2D eigenvalue weighted by Crippen LogP contribution is -2.27. The molecule has 2 rings (SSSR count). The number of nitrogens with one attached hydrogen (secondary N) is 1. The van der Waals surface area contributed by atoms with Crippen LogP contribution in [0.3, 0.4) is 0 Å². The Kier molecular flexibility index (Phi) is 4.99. The molecule has 0 saturated heterocycles. The summed E-state index contributed by atoms with van der Waals surface area (Å²) in [6.45, 7) is 3.10. The third kappa shape index (κ3) is 4.11. The van der Waals surface area contributed by atoms with E-state index in [0.29, 0.717) is 6.04 Å². The van der Waals surface area contributed by atoms with Gasteiger partial charge in [0, 0.05) is 12.6 Å². The SMILES string of the molecule is COc1ccccc1CC(C)NCc1ccccc1. The predicted molar refractivity (Wildman–Crippen MR) is 79.4 cm³/mol. The maximum absolute atomic E-state index is 5.38. The summed E-state index contributed by atoms with van der Waals surface area (Å²) in [7, 11) is 1.72. The monoisotopic (exact) mass is 255 g/mol. The first-order valence-electron chi connectivity index (χ1n) is 6.69. The summed E-state index contributed by atoms with van der Waals surface area (Å²) in [6, 6.07) is 19.1. The van der Waals surface area contributed by atoms with Crippen molar-refractivity contribution in [2.24, 2.45) is 0 Å². The van der Waals surface area contributed by atoms with E-state index in [0.717, 1.165) is 18.7 Å². The van der Waals surface area contributed by atoms with Crippen LogP contribution in [0.25, 0.3) is 0 Å². The van der Waals surface area contributed by atoms with Gasteiger partial charge in [0.15, 0.2) is 0 Å². The van der Waals surface area contributed by atoms with E-state index in [4.69, 9.17) is 4.74 Å². The molecule has 0 aliphatic carbocycles. The molecule has 0 bridgehead atoms. The van der Waals surface area contributed by atoms with E-state index >= 15 is 0 Å². The van der Waals surface area contributed by atoms with Crippen LogP contribution in [0.2, 0.25) is 0 Å². The number of para-hydroxylation sites is 1. The molecule has 0 heterocycles. The Morgan fingerprint density at radius 2 is 1.68 bits per heavy atom. The Morgan fingerprint density at radius 1 is 1.00 bits per heavy atom. The van der Waals surface area contributed by atoms with Gasteiger partial charge in [-0.05, 0) is 30.5 Å². The van der Waals surface area contributed by atoms with Crippen molar-refractivity contribution < 1.29 is 4.74 Å². The van der Waals surface area contributed by atoms with Gasteiger partial charge < -0.3 is 10.1 Å². The summed E-state index contributed by atoms with van der Waals surface area (Å²) >= 11 is 0. The molecule has 2 aromatic rings. The lowest BCUT2D eigenvalue weighted by Gasteiger charge is -2.16. The average molecular weight is 255 g/mol. The van der Waals surface area contributed by atoms with Gasteiger partial charge in [-0.2, -0.15) is 0 Å². The molecule has 0 fully saturated rings. The summed E-state index contributed by atoms with van der Waals surface area (Å²) < 4.78 is 5.38. The van der Waals surface area contributed by atoms with E-state index in [1.165, 1.54) is 11.1 Å². The third-order valence-corrected chi connectivity index (χ3v) is 3.22. The molecule has 0 saturated carbocycles. The Balaban J connectivity index is 1.89. The number of rotatable bonds is 6. The molecule has 0 aromatic heterocycles. The fraction of sp³-hybridized carbons (Fsp3) is 0.294. The summed E-state index contributed by atoms with van der Waals surface area (Å²) in [4.78, 5) is 0. The zero-order valence-electron chi connectivity index (χ0n) is 11.6. The standard InChI is InChI=1S/C17H21NO/c1-14(18-13-15-8-4-3-5-9-15)12-16-10-6-7-11-17(16)19-2/h3-11,14,18H,12-13H2,1-2H3. The van der Waals surface area contributed by atoms with Crippen LogP contribution in [-0.4, -0.2) is 13.2 Å². The molecule has 2 aromatic carbocycles. The minimum atomic E-state index is 0.413. The van der Waals surface area contributed by atoms with E-state index < -0.39 is 0 Å².